The monoisotopic (exact) mass is 415 g/mol. The topological polar surface area (TPSA) is 70.8 Å². The van der Waals surface area contributed by atoms with Gasteiger partial charge in [-0.2, -0.15) is 0 Å². The Hall–Kier alpha value is -2.70. The third-order valence-corrected chi connectivity index (χ3v) is 6.24. The number of allylic oxidation sites excluding steroid dienone is 3. The standard InChI is InChI=1S/C22H19ClFNO4/c1-3-12-4-7-15-20(27)25(13-5-8-17(24)16(23)10-13)21(28)22(15,2)19(12)18-9-6-14(11-26)29-18/h3-6,8-10,15,19,26H,1,7,11H2,2H3/t15-,19+,22+/m0/s1. The number of halogens is 2. The van der Waals surface area contributed by atoms with Crippen LogP contribution in [0.1, 0.15) is 30.8 Å². The summed E-state index contributed by atoms with van der Waals surface area (Å²) in [6.07, 6.45) is 3.91. The summed E-state index contributed by atoms with van der Waals surface area (Å²) in [6, 6.07) is 7.12. The van der Waals surface area contributed by atoms with Crippen LogP contribution < -0.4 is 4.90 Å². The normalized spacial score (nSPS) is 26.5. The lowest BCUT2D eigenvalue weighted by atomic mass is 9.61. The van der Waals surface area contributed by atoms with Gasteiger partial charge in [-0.3, -0.25) is 9.59 Å². The molecular weight excluding hydrogens is 397 g/mol. The zero-order valence-corrected chi connectivity index (χ0v) is 16.4. The zero-order chi connectivity index (χ0) is 20.9. The molecule has 4 rings (SSSR count). The third kappa shape index (κ3) is 2.78. The molecule has 1 fully saturated rings. The maximum absolute atomic E-state index is 13.6. The van der Waals surface area contributed by atoms with Gasteiger partial charge in [-0.25, -0.2) is 9.29 Å². The van der Waals surface area contributed by atoms with Crippen LogP contribution >= 0.6 is 11.6 Å². The van der Waals surface area contributed by atoms with Gasteiger partial charge in [-0.05, 0) is 49.2 Å². The van der Waals surface area contributed by atoms with E-state index in [9.17, 15) is 19.1 Å². The molecule has 1 aromatic heterocycles. The molecule has 29 heavy (non-hydrogen) atoms. The van der Waals surface area contributed by atoms with Crippen molar-refractivity contribution >= 4 is 29.1 Å². The lowest BCUT2D eigenvalue weighted by Crippen LogP contribution is -2.41. The first-order valence-electron chi connectivity index (χ1n) is 9.18. The van der Waals surface area contributed by atoms with Gasteiger partial charge >= 0.3 is 0 Å². The Morgan fingerprint density at radius 3 is 2.76 bits per heavy atom. The highest BCUT2D eigenvalue weighted by Gasteiger charge is 2.62. The fourth-order valence-electron chi connectivity index (χ4n) is 4.45. The van der Waals surface area contributed by atoms with Crippen LogP contribution in [-0.4, -0.2) is 16.9 Å². The summed E-state index contributed by atoms with van der Waals surface area (Å²) < 4.78 is 19.3. The van der Waals surface area contributed by atoms with E-state index >= 15 is 0 Å². The highest BCUT2D eigenvalue weighted by molar-refractivity contribution is 6.31. The van der Waals surface area contributed by atoms with Gasteiger partial charge in [0.2, 0.25) is 11.8 Å². The molecule has 0 unspecified atom stereocenters. The average molecular weight is 416 g/mol. The second-order valence-corrected chi connectivity index (χ2v) is 7.86. The number of carbonyl (C=O) groups excluding carboxylic acids is 2. The van der Waals surface area contributed by atoms with E-state index < -0.39 is 29.0 Å². The average Bonchev–Trinajstić information content (AvgIpc) is 3.25. The molecule has 150 valence electrons. The number of rotatable bonds is 4. The van der Waals surface area contributed by atoms with E-state index in [-0.39, 0.29) is 23.2 Å². The Balaban J connectivity index is 1.84. The molecule has 0 spiro atoms. The fraction of sp³-hybridized carbons (Fsp3) is 0.273. The van der Waals surface area contributed by atoms with Crippen molar-refractivity contribution in [1.29, 1.82) is 0 Å². The molecule has 0 radical (unpaired) electrons. The van der Waals surface area contributed by atoms with Crippen LogP contribution in [0.15, 0.2) is 59.1 Å². The highest BCUT2D eigenvalue weighted by Crippen LogP contribution is 2.57. The first-order chi connectivity index (χ1) is 13.8. The Labute approximate surface area is 172 Å². The van der Waals surface area contributed by atoms with Crippen molar-refractivity contribution < 1.29 is 23.5 Å². The molecule has 7 heteroatoms. The number of amides is 2. The molecule has 1 aromatic carbocycles. The quantitative estimate of drug-likeness (QED) is 0.753. The summed E-state index contributed by atoms with van der Waals surface area (Å²) in [5.41, 5.74) is -0.111. The number of carbonyl (C=O) groups is 2. The summed E-state index contributed by atoms with van der Waals surface area (Å²) in [5.74, 6) is -1.71. The summed E-state index contributed by atoms with van der Waals surface area (Å²) in [5, 5.41) is 9.19. The molecule has 2 heterocycles. The van der Waals surface area contributed by atoms with Crippen molar-refractivity contribution in [2.24, 2.45) is 11.3 Å². The van der Waals surface area contributed by atoms with E-state index in [0.29, 0.717) is 17.9 Å². The lowest BCUT2D eigenvalue weighted by molar-refractivity contribution is -0.127. The van der Waals surface area contributed by atoms with E-state index in [4.69, 9.17) is 16.0 Å². The van der Waals surface area contributed by atoms with Crippen molar-refractivity contribution in [3.8, 4) is 0 Å². The van der Waals surface area contributed by atoms with E-state index in [1.165, 1.54) is 12.1 Å². The van der Waals surface area contributed by atoms with Gasteiger partial charge in [0.15, 0.2) is 0 Å². The number of anilines is 1. The van der Waals surface area contributed by atoms with Crippen molar-refractivity contribution in [2.45, 2.75) is 25.9 Å². The van der Waals surface area contributed by atoms with Crippen LogP contribution in [-0.2, 0) is 16.2 Å². The van der Waals surface area contributed by atoms with Gasteiger partial charge in [0, 0.05) is 0 Å². The van der Waals surface area contributed by atoms with Gasteiger partial charge in [0.05, 0.1) is 28.0 Å². The van der Waals surface area contributed by atoms with Crippen molar-refractivity contribution in [1.82, 2.24) is 0 Å². The smallest absolute Gasteiger partial charge is 0.241 e. The van der Waals surface area contributed by atoms with Crippen LogP contribution in [0.2, 0.25) is 5.02 Å². The minimum atomic E-state index is -1.12. The molecule has 5 nitrogen and oxygen atoms in total. The molecule has 1 aliphatic carbocycles. The van der Waals surface area contributed by atoms with E-state index in [1.54, 1.807) is 25.1 Å². The Morgan fingerprint density at radius 1 is 1.38 bits per heavy atom. The van der Waals surface area contributed by atoms with E-state index in [0.717, 1.165) is 16.5 Å². The summed E-state index contributed by atoms with van der Waals surface area (Å²) in [6.45, 7) is 5.32. The molecule has 1 aliphatic heterocycles. The van der Waals surface area contributed by atoms with Crippen molar-refractivity contribution in [3.63, 3.8) is 0 Å². The molecule has 0 bridgehead atoms. The summed E-state index contributed by atoms with van der Waals surface area (Å²) in [4.78, 5) is 27.9. The second kappa shape index (κ2) is 6.97. The minimum absolute atomic E-state index is 0.164. The molecule has 2 aliphatic rings. The van der Waals surface area contributed by atoms with Gasteiger partial charge in [-0.15, -0.1) is 0 Å². The van der Waals surface area contributed by atoms with Gasteiger partial charge in [-0.1, -0.05) is 30.3 Å². The molecule has 1 saturated heterocycles. The van der Waals surface area contributed by atoms with Crippen LogP contribution in [0.4, 0.5) is 10.1 Å². The number of furan rings is 1. The van der Waals surface area contributed by atoms with Gasteiger partial charge in [0.25, 0.3) is 0 Å². The van der Waals surface area contributed by atoms with E-state index in [1.807, 2.05) is 6.08 Å². The van der Waals surface area contributed by atoms with Crippen molar-refractivity contribution in [3.05, 3.63) is 77.0 Å². The Kier molecular flexibility index (Phi) is 4.71. The van der Waals surface area contributed by atoms with Crippen LogP contribution in [0, 0.1) is 17.2 Å². The number of fused-ring (bicyclic) bond motifs is 1. The Morgan fingerprint density at radius 2 is 2.14 bits per heavy atom. The predicted molar refractivity (Wildman–Crippen MR) is 106 cm³/mol. The number of imide groups is 1. The predicted octanol–water partition coefficient (Wildman–Crippen LogP) is 4.36. The first-order valence-corrected chi connectivity index (χ1v) is 9.56. The lowest BCUT2D eigenvalue weighted by Gasteiger charge is -2.38. The number of nitrogens with zero attached hydrogens (tertiary/aromatic N) is 1. The number of aliphatic hydroxyl groups excluding tert-OH is 1. The van der Waals surface area contributed by atoms with Crippen LogP contribution in [0.25, 0.3) is 0 Å². The highest BCUT2D eigenvalue weighted by atomic mass is 35.5. The third-order valence-electron chi connectivity index (χ3n) is 5.95. The molecule has 1 N–H and O–H groups in total. The largest absolute Gasteiger partial charge is 0.463 e. The maximum Gasteiger partial charge on any atom is 0.241 e. The van der Waals surface area contributed by atoms with Gasteiger partial charge < -0.3 is 9.52 Å². The summed E-state index contributed by atoms with van der Waals surface area (Å²) >= 11 is 5.88. The number of aliphatic hydroxyl groups is 1. The van der Waals surface area contributed by atoms with Crippen LogP contribution in [0.5, 0.6) is 0 Å². The molecular formula is C22H19ClFNO4. The van der Waals surface area contributed by atoms with Crippen LogP contribution in [0.3, 0.4) is 0 Å². The van der Waals surface area contributed by atoms with Gasteiger partial charge in [0.1, 0.15) is 23.9 Å². The number of hydrogen-bond acceptors (Lipinski definition) is 4. The molecule has 2 aromatic rings. The minimum Gasteiger partial charge on any atom is -0.463 e. The fourth-order valence-corrected chi connectivity index (χ4v) is 4.63. The molecule has 2 amide bonds. The SMILES string of the molecule is C=CC1=CC[C@H]2C(=O)N(c3ccc(F)c(Cl)c3)C(=O)[C@@]2(C)[C@H]1c1ccc(CO)o1. The summed E-state index contributed by atoms with van der Waals surface area (Å²) in [7, 11) is 0. The molecule has 0 saturated carbocycles. The molecule has 3 atom stereocenters. The second-order valence-electron chi connectivity index (χ2n) is 7.45. The first kappa shape index (κ1) is 19.6. The maximum atomic E-state index is 13.6. The zero-order valence-electron chi connectivity index (χ0n) is 15.7. The van der Waals surface area contributed by atoms with E-state index in [2.05, 4.69) is 6.58 Å². The van der Waals surface area contributed by atoms with Crippen molar-refractivity contribution in [2.75, 3.05) is 4.90 Å². The Bertz CT molecular complexity index is 1060. The number of hydrogen-bond donors (Lipinski definition) is 1. The number of benzene rings is 1.